The van der Waals surface area contributed by atoms with Crippen molar-refractivity contribution in [1.29, 1.82) is 0 Å². The van der Waals surface area contributed by atoms with Gasteiger partial charge < -0.3 is 10.1 Å². The molecule has 0 saturated carbocycles. The van der Waals surface area contributed by atoms with Crippen LogP contribution in [0.25, 0.3) is 0 Å². The van der Waals surface area contributed by atoms with Gasteiger partial charge in [-0.25, -0.2) is 4.79 Å². The average molecular weight is 237 g/mol. The van der Waals surface area contributed by atoms with Crippen LogP contribution in [0, 0.1) is 0 Å². The maximum atomic E-state index is 11.9. The predicted octanol–water partition coefficient (Wildman–Crippen LogP) is 1.07. The normalized spacial score (nSPS) is 15.5. The van der Waals surface area contributed by atoms with Gasteiger partial charge in [-0.05, 0) is 33.7 Å². The Morgan fingerprint density at radius 2 is 2.18 bits per heavy atom. The van der Waals surface area contributed by atoms with Gasteiger partial charge in [0.25, 0.3) is 0 Å². The third kappa shape index (κ3) is 2.07. The highest BCUT2D eigenvalue weighted by Gasteiger charge is 2.30. The van der Waals surface area contributed by atoms with Gasteiger partial charge in [-0.15, -0.1) is 0 Å². The summed E-state index contributed by atoms with van der Waals surface area (Å²) in [6, 6.07) is 0. The Morgan fingerprint density at radius 1 is 1.47 bits per heavy atom. The second kappa shape index (κ2) is 4.14. The maximum absolute atomic E-state index is 11.9. The summed E-state index contributed by atoms with van der Waals surface area (Å²) < 4.78 is 6.66. The number of ether oxygens (including phenoxy) is 1. The van der Waals surface area contributed by atoms with Crippen LogP contribution in [0.3, 0.4) is 0 Å². The van der Waals surface area contributed by atoms with Crippen molar-refractivity contribution in [3.05, 3.63) is 17.0 Å². The summed E-state index contributed by atoms with van der Waals surface area (Å²) in [6.45, 7) is 7.71. The lowest BCUT2D eigenvalue weighted by Gasteiger charge is -2.21. The Kier molecular flexibility index (Phi) is 2.95. The number of nitrogens with zero attached hydrogens (tertiary/aromatic N) is 2. The quantitative estimate of drug-likeness (QED) is 0.742. The molecule has 0 radical (unpaired) electrons. The molecular weight excluding hydrogens is 218 g/mol. The molecule has 0 amide bonds. The minimum atomic E-state index is -0.296. The molecule has 5 nitrogen and oxygen atoms in total. The highest BCUT2D eigenvalue weighted by Crippen LogP contribution is 2.25. The first-order chi connectivity index (χ1) is 7.95. The van der Waals surface area contributed by atoms with Crippen LogP contribution >= 0.6 is 0 Å². The summed E-state index contributed by atoms with van der Waals surface area (Å²) >= 11 is 0. The summed E-state index contributed by atoms with van der Waals surface area (Å²) in [5.74, 6) is -0.296. The van der Waals surface area contributed by atoms with Crippen LogP contribution in [0.5, 0.6) is 0 Å². The van der Waals surface area contributed by atoms with E-state index in [-0.39, 0.29) is 11.5 Å². The van der Waals surface area contributed by atoms with Gasteiger partial charge in [-0.2, -0.15) is 5.10 Å². The van der Waals surface area contributed by atoms with Crippen LogP contribution < -0.4 is 5.32 Å². The Morgan fingerprint density at radius 3 is 2.76 bits per heavy atom. The fourth-order valence-corrected chi connectivity index (χ4v) is 2.11. The minimum absolute atomic E-state index is 0.221. The Bertz CT molecular complexity index is 443. The molecule has 1 N–H and O–H groups in total. The van der Waals surface area contributed by atoms with E-state index < -0.39 is 0 Å². The molecule has 0 aromatic carbocycles. The number of esters is 1. The van der Waals surface area contributed by atoms with Crippen LogP contribution in [-0.4, -0.2) is 29.4 Å². The lowest BCUT2D eigenvalue weighted by Crippen LogP contribution is -2.28. The van der Waals surface area contributed by atoms with E-state index in [2.05, 4.69) is 10.4 Å². The van der Waals surface area contributed by atoms with Crippen molar-refractivity contribution < 1.29 is 9.53 Å². The molecule has 0 unspecified atom stereocenters. The zero-order valence-electron chi connectivity index (χ0n) is 10.8. The van der Waals surface area contributed by atoms with Crippen molar-refractivity contribution in [1.82, 2.24) is 15.1 Å². The zero-order chi connectivity index (χ0) is 12.6. The number of methoxy groups -OCH3 is 1. The van der Waals surface area contributed by atoms with E-state index in [0.29, 0.717) is 5.69 Å². The molecular formula is C12H19N3O2. The van der Waals surface area contributed by atoms with Crippen LogP contribution in [0.4, 0.5) is 0 Å². The van der Waals surface area contributed by atoms with E-state index in [9.17, 15) is 4.79 Å². The first-order valence-corrected chi connectivity index (χ1v) is 5.85. The van der Waals surface area contributed by atoms with Crippen LogP contribution in [0.2, 0.25) is 0 Å². The Balaban J connectivity index is 2.59. The van der Waals surface area contributed by atoms with Crippen LogP contribution in [0.15, 0.2) is 0 Å². The fraction of sp³-hybridized carbons (Fsp3) is 0.667. The molecule has 5 heteroatoms. The van der Waals surface area contributed by atoms with E-state index in [0.717, 1.165) is 30.8 Å². The van der Waals surface area contributed by atoms with E-state index in [1.165, 1.54) is 7.11 Å². The monoisotopic (exact) mass is 237 g/mol. The largest absolute Gasteiger partial charge is 0.464 e. The van der Waals surface area contributed by atoms with Crippen molar-refractivity contribution in [2.75, 3.05) is 13.7 Å². The number of carbonyl (C=O) groups excluding carboxylic acids is 1. The Labute approximate surface area is 101 Å². The summed E-state index contributed by atoms with van der Waals surface area (Å²) in [6.07, 6.45) is 0.829. The molecule has 94 valence electrons. The van der Waals surface area contributed by atoms with Crippen molar-refractivity contribution in [3.8, 4) is 0 Å². The number of hydrogen-bond donors (Lipinski definition) is 1. The van der Waals surface area contributed by atoms with Crippen molar-refractivity contribution >= 4 is 5.97 Å². The molecule has 2 heterocycles. The molecule has 1 aromatic heterocycles. The van der Waals surface area contributed by atoms with Crippen LogP contribution in [0.1, 0.15) is 42.5 Å². The zero-order valence-corrected chi connectivity index (χ0v) is 10.8. The number of rotatable bonds is 1. The first kappa shape index (κ1) is 12.1. The van der Waals surface area contributed by atoms with E-state index in [1.807, 2.05) is 20.8 Å². The SMILES string of the molecule is COC(=O)c1c2c(nn1C(C)(C)C)CNCC2. The average Bonchev–Trinajstić information content (AvgIpc) is 2.67. The lowest BCUT2D eigenvalue weighted by molar-refractivity contribution is 0.0576. The summed E-state index contributed by atoms with van der Waals surface area (Å²) in [5.41, 5.74) is 2.38. The topological polar surface area (TPSA) is 56.1 Å². The molecule has 0 atom stereocenters. The smallest absolute Gasteiger partial charge is 0.356 e. The molecule has 0 saturated heterocycles. The van der Waals surface area contributed by atoms with E-state index in [4.69, 9.17) is 4.74 Å². The Hall–Kier alpha value is -1.36. The van der Waals surface area contributed by atoms with E-state index in [1.54, 1.807) is 4.68 Å². The molecule has 1 aromatic rings. The standard InChI is InChI=1S/C12H19N3O2/c1-12(2,3)15-10(11(16)17-4)8-5-6-13-7-9(8)14-15/h13H,5-7H2,1-4H3. The van der Waals surface area contributed by atoms with Gasteiger partial charge in [0, 0.05) is 12.1 Å². The van der Waals surface area contributed by atoms with Gasteiger partial charge in [-0.3, -0.25) is 4.68 Å². The second-order valence-corrected chi connectivity index (χ2v) is 5.27. The van der Waals surface area contributed by atoms with Gasteiger partial charge >= 0.3 is 5.97 Å². The molecule has 0 fully saturated rings. The highest BCUT2D eigenvalue weighted by atomic mass is 16.5. The first-order valence-electron chi connectivity index (χ1n) is 5.85. The van der Waals surface area contributed by atoms with Gasteiger partial charge in [0.15, 0.2) is 5.69 Å². The molecule has 0 bridgehead atoms. The summed E-state index contributed by atoms with van der Waals surface area (Å²) in [5, 5.41) is 7.81. The fourth-order valence-electron chi connectivity index (χ4n) is 2.11. The van der Waals surface area contributed by atoms with Gasteiger partial charge in [0.05, 0.1) is 18.3 Å². The molecule has 1 aliphatic heterocycles. The van der Waals surface area contributed by atoms with Crippen LogP contribution in [-0.2, 0) is 23.2 Å². The highest BCUT2D eigenvalue weighted by molar-refractivity contribution is 5.89. The molecule has 17 heavy (non-hydrogen) atoms. The number of aromatic nitrogens is 2. The lowest BCUT2D eigenvalue weighted by atomic mass is 10.0. The minimum Gasteiger partial charge on any atom is -0.464 e. The number of carbonyl (C=O) groups is 1. The third-order valence-electron chi connectivity index (χ3n) is 2.93. The predicted molar refractivity (Wildman–Crippen MR) is 64.0 cm³/mol. The van der Waals surface area contributed by atoms with Gasteiger partial charge in [-0.1, -0.05) is 0 Å². The molecule has 0 spiro atoms. The number of hydrogen-bond acceptors (Lipinski definition) is 4. The number of fused-ring (bicyclic) bond motifs is 1. The molecule has 2 rings (SSSR count). The van der Waals surface area contributed by atoms with E-state index >= 15 is 0 Å². The van der Waals surface area contributed by atoms with Gasteiger partial charge in [0.1, 0.15) is 0 Å². The summed E-state index contributed by atoms with van der Waals surface area (Å²) in [4.78, 5) is 11.9. The molecule has 0 aliphatic carbocycles. The number of nitrogens with one attached hydrogen (secondary N) is 1. The van der Waals surface area contributed by atoms with Crippen molar-refractivity contribution in [2.45, 2.75) is 39.3 Å². The van der Waals surface area contributed by atoms with Crippen molar-refractivity contribution in [3.63, 3.8) is 0 Å². The molecule has 1 aliphatic rings. The summed E-state index contributed by atoms with van der Waals surface area (Å²) in [7, 11) is 1.41. The van der Waals surface area contributed by atoms with Gasteiger partial charge in [0.2, 0.25) is 0 Å². The van der Waals surface area contributed by atoms with Crippen molar-refractivity contribution in [2.24, 2.45) is 0 Å². The maximum Gasteiger partial charge on any atom is 0.356 e. The second-order valence-electron chi connectivity index (χ2n) is 5.27. The third-order valence-corrected chi connectivity index (χ3v) is 2.93.